The molecule has 0 aromatic rings. The minimum Gasteiger partial charge on any atom is -0.369 e. The minimum atomic E-state index is -0.346. The fourth-order valence-corrected chi connectivity index (χ4v) is 1.18. The Morgan fingerprint density at radius 3 is 2.08 bits per heavy atom. The van der Waals surface area contributed by atoms with Gasteiger partial charge in [-0.3, -0.25) is 4.79 Å². The molecule has 0 heterocycles. The molecule has 2 N–H and O–H groups in total. The third-order valence-electron chi connectivity index (χ3n) is 2.30. The Morgan fingerprint density at radius 1 is 1.42 bits per heavy atom. The van der Waals surface area contributed by atoms with Gasteiger partial charge in [0.2, 0.25) is 5.91 Å². The normalized spacial score (nSPS) is 14.0. The van der Waals surface area contributed by atoms with Crippen LogP contribution >= 0.6 is 0 Å². The van der Waals surface area contributed by atoms with Gasteiger partial charge in [-0.05, 0) is 12.3 Å². The summed E-state index contributed by atoms with van der Waals surface area (Å²) in [6.45, 7) is 7.04. The smallest absolute Gasteiger partial charge is 0.220 e. The number of carbonyl (C=O) groups is 2. The zero-order chi connectivity index (χ0) is 9.94. The largest absolute Gasteiger partial charge is 0.369 e. The van der Waals surface area contributed by atoms with Crippen LogP contribution < -0.4 is 5.73 Å². The van der Waals surface area contributed by atoms with Crippen molar-refractivity contribution in [3.8, 4) is 0 Å². The maximum atomic E-state index is 10.8. The van der Waals surface area contributed by atoms with Crippen LogP contribution in [0.5, 0.6) is 0 Å². The molecule has 0 saturated carbocycles. The second kappa shape index (κ2) is 3.70. The molecule has 3 heteroatoms. The average molecular weight is 171 g/mol. The molecule has 0 rings (SSSR count). The van der Waals surface area contributed by atoms with Crippen LogP contribution in [0.25, 0.3) is 0 Å². The van der Waals surface area contributed by atoms with E-state index in [1.807, 2.05) is 13.8 Å². The number of Topliss-reactive ketones (excluding diaryl/α,β-unsaturated/α-hetero) is 1. The summed E-state index contributed by atoms with van der Waals surface area (Å²) in [6.07, 6.45) is 0.400. The molecular formula is C9H17NO2. The topological polar surface area (TPSA) is 60.2 Å². The monoisotopic (exact) mass is 171 g/mol. The molecule has 0 aliphatic rings. The third-order valence-corrected chi connectivity index (χ3v) is 2.30. The highest BCUT2D eigenvalue weighted by Gasteiger charge is 2.30. The summed E-state index contributed by atoms with van der Waals surface area (Å²) < 4.78 is 0. The number of carbonyl (C=O) groups excluding carboxylic acids is 2. The molecule has 12 heavy (non-hydrogen) atoms. The van der Waals surface area contributed by atoms with Crippen molar-refractivity contribution >= 4 is 11.7 Å². The van der Waals surface area contributed by atoms with E-state index in [0.29, 0.717) is 6.42 Å². The summed E-state index contributed by atoms with van der Waals surface area (Å²) in [5, 5.41) is 0. The van der Waals surface area contributed by atoms with Crippen molar-refractivity contribution in [1.82, 2.24) is 0 Å². The van der Waals surface area contributed by atoms with E-state index in [9.17, 15) is 9.59 Å². The Balaban J connectivity index is 4.38. The summed E-state index contributed by atoms with van der Waals surface area (Å²) in [6, 6.07) is 0. The van der Waals surface area contributed by atoms with Crippen LogP contribution in [0, 0.1) is 11.3 Å². The van der Waals surface area contributed by atoms with Gasteiger partial charge < -0.3 is 10.5 Å². The molecule has 0 aromatic carbocycles. The first kappa shape index (κ1) is 11.1. The number of rotatable bonds is 4. The highest BCUT2D eigenvalue weighted by Crippen LogP contribution is 2.30. The second-order valence-corrected chi connectivity index (χ2v) is 3.99. The zero-order valence-corrected chi connectivity index (χ0v) is 8.18. The molecule has 1 amide bonds. The number of hydrogen-bond acceptors (Lipinski definition) is 2. The molecule has 0 aromatic heterocycles. The van der Waals surface area contributed by atoms with Crippen LogP contribution in [0.15, 0.2) is 0 Å². The quantitative estimate of drug-likeness (QED) is 0.688. The summed E-state index contributed by atoms with van der Waals surface area (Å²) in [5.41, 5.74) is 4.83. The van der Waals surface area contributed by atoms with E-state index in [1.54, 1.807) is 6.92 Å². The lowest BCUT2D eigenvalue weighted by molar-refractivity contribution is -0.126. The van der Waals surface area contributed by atoms with E-state index in [2.05, 4.69) is 0 Å². The van der Waals surface area contributed by atoms with Gasteiger partial charge >= 0.3 is 0 Å². The molecule has 0 fully saturated rings. The molecule has 70 valence electrons. The summed E-state index contributed by atoms with van der Waals surface area (Å²) >= 11 is 0. The number of nitrogens with two attached hydrogens (primary N) is 1. The van der Waals surface area contributed by atoms with Gasteiger partial charge in [0.05, 0.1) is 0 Å². The fraction of sp³-hybridized carbons (Fsp3) is 0.778. The van der Waals surface area contributed by atoms with Crippen molar-refractivity contribution in [2.75, 3.05) is 0 Å². The lowest BCUT2D eigenvalue weighted by Crippen LogP contribution is -2.34. The summed E-state index contributed by atoms with van der Waals surface area (Å²) in [4.78, 5) is 21.7. The predicted octanol–water partition coefficient (Wildman–Crippen LogP) is 1.11. The first-order valence-electron chi connectivity index (χ1n) is 4.06. The number of hydrogen-bond donors (Lipinski definition) is 1. The Kier molecular flexibility index (Phi) is 3.43. The van der Waals surface area contributed by atoms with Crippen LogP contribution in [0.2, 0.25) is 0 Å². The predicted molar refractivity (Wildman–Crippen MR) is 47.4 cm³/mol. The van der Waals surface area contributed by atoms with Gasteiger partial charge in [-0.2, -0.15) is 0 Å². The number of ketones is 1. The van der Waals surface area contributed by atoms with Crippen molar-refractivity contribution in [2.24, 2.45) is 17.1 Å². The first-order valence-corrected chi connectivity index (χ1v) is 4.06. The Morgan fingerprint density at radius 2 is 1.83 bits per heavy atom. The van der Waals surface area contributed by atoms with Crippen LogP contribution in [0.3, 0.4) is 0 Å². The zero-order valence-electron chi connectivity index (χ0n) is 8.18. The van der Waals surface area contributed by atoms with Gasteiger partial charge in [0.25, 0.3) is 0 Å². The van der Waals surface area contributed by atoms with Crippen LogP contribution in [-0.2, 0) is 9.59 Å². The molecule has 0 bridgehead atoms. The van der Waals surface area contributed by atoms with E-state index in [1.165, 1.54) is 6.92 Å². The average Bonchev–Trinajstić information content (AvgIpc) is 1.82. The molecule has 0 radical (unpaired) electrons. The standard InChI is InChI=1S/C9H17NO2/c1-6(11)5-9(3,4)7(2)8(10)12/h7H,5H2,1-4H3,(H2,10,12). The minimum absolute atomic E-state index is 0.0908. The maximum Gasteiger partial charge on any atom is 0.220 e. The van der Waals surface area contributed by atoms with Crippen molar-refractivity contribution in [2.45, 2.75) is 34.1 Å². The van der Waals surface area contributed by atoms with E-state index in [4.69, 9.17) is 5.73 Å². The molecule has 0 aliphatic carbocycles. The molecule has 3 nitrogen and oxygen atoms in total. The summed E-state index contributed by atoms with van der Waals surface area (Å²) in [7, 11) is 0. The maximum absolute atomic E-state index is 10.8. The van der Waals surface area contributed by atoms with E-state index < -0.39 is 0 Å². The van der Waals surface area contributed by atoms with Crippen LogP contribution in [0.4, 0.5) is 0 Å². The Bertz CT molecular complexity index is 197. The van der Waals surface area contributed by atoms with Crippen molar-refractivity contribution in [3.05, 3.63) is 0 Å². The Labute approximate surface area is 73.3 Å². The molecule has 0 spiro atoms. The number of primary amides is 1. The van der Waals surface area contributed by atoms with Gasteiger partial charge in [-0.15, -0.1) is 0 Å². The lowest BCUT2D eigenvalue weighted by atomic mass is 9.76. The van der Waals surface area contributed by atoms with Crippen molar-refractivity contribution in [3.63, 3.8) is 0 Å². The number of amides is 1. The first-order chi connectivity index (χ1) is 5.27. The van der Waals surface area contributed by atoms with Crippen LogP contribution in [0.1, 0.15) is 34.1 Å². The molecule has 0 saturated heterocycles. The second-order valence-electron chi connectivity index (χ2n) is 3.99. The Hall–Kier alpha value is -0.860. The highest BCUT2D eigenvalue weighted by molar-refractivity contribution is 5.80. The molecule has 1 unspecified atom stereocenters. The summed E-state index contributed by atoms with van der Waals surface area (Å²) in [5.74, 6) is -0.518. The van der Waals surface area contributed by atoms with Gasteiger partial charge in [-0.25, -0.2) is 0 Å². The van der Waals surface area contributed by atoms with Gasteiger partial charge in [0, 0.05) is 12.3 Å². The van der Waals surface area contributed by atoms with Gasteiger partial charge in [0.15, 0.2) is 0 Å². The van der Waals surface area contributed by atoms with E-state index in [0.717, 1.165) is 0 Å². The van der Waals surface area contributed by atoms with Crippen molar-refractivity contribution in [1.29, 1.82) is 0 Å². The van der Waals surface area contributed by atoms with Crippen molar-refractivity contribution < 1.29 is 9.59 Å². The lowest BCUT2D eigenvalue weighted by Gasteiger charge is -2.28. The SMILES string of the molecule is CC(=O)CC(C)(C)C(C)C(N)=O. The molecule has 1 atom stereocenters. The molecular weight excluding hydrogens is 154 g/mol. The van der Waals surface area contributed by atoms with Gasteiger partial charge in [0.1, 0.15) is 5.78 Å². The fourth-order valence-electron chi connectivity index (χ4n) is 1.18. The molecule has 0 aliphatic heterocycles. The van der Waals surface area contributed by atoms with E-state index >= 15 is 0 Å². The third kappa shape index (κ3) is 3.03. The van der Waals surface area contributed by atoms with E-state index in [-0.39, 0.29) is 23.0 Å². The van der Waals surface area contributed by atoms with Crippen LogP contribution in [-0.4, -0.2) is 11.7 Å². The van der Waals surface area contributed by atoms with Gasteiger partial charge in [-0.1, -0.05) is 20.8 Å². The highest BCUT2D eigenvalue weighted by atomic mass is 16.1.